The van der Waals surface area contributed by atoms with E-state index in [1.807, 2.05) is 6.07 Å². The largest absolute Gasteiger partial charge is 0.398 e. The van der Waals surface area contributed by atoms with Gasteiger partial charge >= 0.3 is 0 Å². The number of rotatable bonds is 1. The second kappa shape index (κ2) is 5.19. The van der Waals surface area contributed by atoms with Crippen LogP contribution >= 0.6 is 15.9 Å². The number of piperidine rings is 1. The fraction of sp³-hybridized carbons (Fsp3) is 0.571. The maximum Gasteiger partial charge on any atom is 0.0361 e. The van der Waals surface area contributed by atoms with Gasteiger partial charge in [0, 0.05) is 29.3 Å². The van der Waals surface area contributed by atoms with Gasteiger partial charge in [0.05, 0.1) is 0 Å². The first-order chi connectivity index (χ1) is 8.74. The summed E-state index contributed by atoms with van der Waals surface area (Å²) in [6.07, 6.45) is 3.65. The van der Waals surface area contributed by atoms with Crippen LogP contribution in [0.3, 0.4) is 0 Å². The molecule has 0 spiro atoms. The molecule has 0 aromatic heterocycles. The minimum Gasteiger partial charge on any atom is -0.398 e. The van der Waals surface area contributed by atoms with Gasteiger partial charge in [0.25, 0.3) is 0 Å². The van der Waals surface area contributed by atoms with Gasteiger partial charge in [-0.25, -0.2) is 0 Å². The maximum atomic E-state index is 6.11. The van der Waals surface area contributed by atoms with Gasteiger partial charge in [0.15, 0.2) is 0 Å². The van der Waals surface area contributed by atoms with Crippen LogP contribution in [0.5, 0.6) is 0 Å². The molecule has 3 nitrogen and oxygen atoms in total. The number of hydrogen-bond acceptors (Lipinski definition) is 3. The summed E-state index contributed by atoms with van der Waals surface area (Å²) >= 11 is 3.55. The SMILES string of the molecule is Nc1cc(Br)cc2c1CCN(C1CCNCC1)C2. The average molecular weight is 310 g/mol. The minimum absolute atomic E-state index is 0.750. The summed E-state index contributed by atoms with van der Waals surface area (Å²) < 4.78 is 1.10. The molecular weight excluding hydrogens is 290 g/mol. The van der Waals surface area contributed by atoms with Crippen molar-refractivity contribution in [1.29, 1.82) is 0 Å². The molecule has 3 rings (SSSR count). The van der Waals surface area contributed by atoms with Crippen molar-refractivity contribution in [3.8, 4) is 0 Å². The smallest absolute Gasteiger partial charge is 0.0361 e. The van der Waals surface area contributed by atoms with E-state index in [9.17, 15) is 0 Å². The van der Waals surface area contributed by atoms with Gasteiger partial charge < -0.3 is 11.1 Å². The third-order valence-electron chi connectivity index (χ3n) is 4.19. The van der Waals surface area contributed by atoms with E-state index in [0.717, 1.165) is 48.8 Å². The van der Waals surface area contributed by atoms with E-state index in [0.29, 0.717) is 0 Å². The van der Waals surface area contributed by atoms with Crippen molar-refractivity contribution >= 4 is 21.6 Å². The first-order valence-corrected chi connectivity index (χ1v) is 7.55. The standard InChI is InChI=1S/C14H20BrN3/c15-11-7-10-9-18(12-1-4-17-5-2-12)6-3-13(10)14(16)8-11/h7-8,12,17H,1-6,9,16H2. The van der Waals surface area contributed by atoms with Crippen molar-refractivity contribution in [2.24, 2.45) is 0 Å². The molecule has 0 radical (unpaired) electrons. The predicted molar refractivity (Wildman–Crippen MR) is 78.6 cm³/mol. The Morgan fingerprint density at radius 1 is 1.28 bits per heavy atom. The van der Waals surface area contributed by atoms with Crippen LogP contribution in [0.15, 0.2) is 16.6 Å². The Morgan fingerprint density at radius 2 is 2.06 bits per heavy atom. The van der Waals surface area contributed by atoms with E-state index in [4.69, 9.17) is 5.73 Å². The lowest BCUT2D eigenvalue weighted by atomic mass is 9.95. The molecule has 18 heavy (non-hydrogen) atoms. The normalized spacial score (nSPS) is 21.8. The van der Waals surface area contributed by atoms with Crippen molar-refractivity contribution < 1.29 is 0 Å². The molecule has 0 unspecified atom stereocenters. The number of halogens is 1. The first-order valence-electron chi connectivity index (χ1n) is 6.75. The van der Waals surface area contributed by atoms with Crippen LogP contribution < -0.4 is 11.1 Å². The second-order valence-electron chi connectivity index (χ2n) is 5.33. The van der Waals surface area contributed by atoms with Crippen LogP contribution in [0, 0.1) is 0 Å². The maximum absolute atomic E-state index is 6.11. The van der Waals surface area contributed by atoms with E-state index >= 15 is 0 Å². The first kappa shape index (κ1) is 12.5. The zero-order valence-electron chi connectivity index (χ0n) is 10.6. The molecule has 0 amide bonds. The van der Waals surface area contributed by atoms with Crippen molar-refractivity contribution in [3.63, 3.8) is 0 Å². The van der Waals surface area contributed by atoms with Gasteiger partial charge in [-0.05, 0) is 55.6 Å². The molecular formula is C14H20BrN3. The molecule has 1 saturated heterocycles. The molecule has 1 aromatic carbocycles. The molecule has 0 saturated carbocycles. The third-order valence-corrected chi connectivity index (χ3v) is 4.65. The van der Waals surface area contributed by atoms with Gasteiger partial charge in [0.2, 0.25) is 0 Å². The average Bonchev–Trinajstić information content (AvgIpc) is 2.39. The summed E-state index contributed by atoms with van der Waals surface area (Å²) in [6, 6.07) is 5.01. The third kappa shape index (κ3) is 2.42. The lowest BCUT2D eigenvalue weighted by Gasteiger charge is -2.38. The Balaban J connectivity index is 1.79. The second-order valence-corrected chi connectivity index (χ2v) is 6.25. The molecule has 1 fully saturated rings. The number of nitrogens with two attached hydrogens (primary N) is 1. The molecule has 0 aliphatic carbocycles. The molecule has 4 heteroatoms. The van der Waals surface area contributed by atoms with Gasteiger partial charge in [-0.15, -0.1) is 0 Å². The number of nitrogens with one attached hydrogen (secondary N) is 1. The highest BCUT2D eigenvalue weighted by Gasteiger charge is 2.25. The van der Waals surface area contributed by atoms with Crippen LogP contribution in [0.2, 0.25) is 0 Å². The van der Waals surface area contributed by atoms with Crippen molar-refractivity contribution in [3.05, 3.63) is 27.7 Å². The highest BCUT2D eigenvalue weighted by molar-refractivity contribution is 9.10. The van der Waals surface area contributed by atoms with Crippen LogP contribution in [0.25, 0.3) is 0 Å². The molecule has 2 aliphatic heterocycles. The lowest BCUT2D eigenvalue weighted by molar-refractivity contribution is 0.147. The van der Waals surface area contributed by atoms with Crippen molar-refractivity contribution in [2.75, 3.05) is 25.4 Å². The summed E-state index contributed by atoms with van der Waals surface area (Å²) in [4.78, 5) is 2.63. The van der Waals surface area contributed by atoms with Crippen molar-refractivity contribution in [1.82, 2.24) is 10.2 Å². The van der Waals surface area contributed by atoms with E-state index in [-0.39, 0.29) is 0 Å². The lowest BCUT2D eigenvalue weighted by Crippen LogP contribution is -2.45. The molecule has 1 aromatic rings. The van der Waals surface area contributed by atoms with Crippen LogP contribution in [-0.4, -0.2) is 30.6 Å². The number of anilines is 1. The Kier molecular flexibility index (Phi) is 3.59. The molecule has 98 valence electrons. The number of benzene rings is 1. The molecule has 2 heterocycles. The predicted octanol–water partition coefficient (Wildman–Crippen LogP) is 2.14. The number of fused-ring (bicyclic) bond motifs is 1. The van der Waals surface area contributed by atoms with Gasteiger partial charge in [-0.3, -0.25) is 4.90 Å². The van der Waals surface area contributed by atoms with Crippen LogP contribution in [0.4, 0.5) is 5.69 Å². The zero-order chi connectivity index (χ0) is 12.5. The van der Waals surface area contributed by atoms with Gasteiger partial charge in [-0.1, -0.05) is 15.9 Å². The van der Waals surface area contributed by atoms with Crippen LogP contribution in [0.1, 0.15) is 24.0 Å². The Labute approximate surface area is 117 Å². The Hall–Kier alpha value is -0.580. The van der Waals surface area contributed by atoms with E-state index in [1.54, 1.807) is 0 Å². The minimum atomic E-state index is 0.750. The molecule has 2 aliphatic rings. The monoisotopic (exact) mass is 309 g/mol. The fourth-order valence-corrected chi connectivity index (χ4v) is 3.72. The van der Waals surface area contributed by atoms with Crippen LogP contribution in [-0.2, 0) is 13.0 Å². The van der Waals surface area contributed by atoms with E-state index in [2.05, 4.69) is 32.2 Å². The highest BCUT2D eigenvalue weighted by Crippen LogP contribution is 2.30. The summed E-state index contributed by atoms with van der Waals surface area (Å²) in [5.74, 6) is 0. The number of nitrogen functional groups attached to an aromatic ring is 1. The van der Waals surface area contributed by atoms with Gasteiger partial charge in [0.1, 0.15) is 0 Å². The molecule has 0 atom stereocenters. The van der Waals surface area contributed by atoms with Crippen molar-refractivity contribution in [2.45, 2.75) is 31.8 Å². The molecule has 3 N–H and O–H groups in total. The fourth-order valence-electron chi connectivity index (χ4n) is 3.20. The van der Waals surface area contributed by atoms with E-state index < -0.39 is 0 Å². The zero-order valence-corrected chi connectivity index (χ0v) is 12.2. The van der Waals surface area contributed by atoms with Gasteiger partial charge in [-0.2, -0.15) is 0 Å². The summed E-state index contributed by atoms with van der Waals surface area (Å²) in [7, 11) is 0. The summed E-state index contributed by atoms with van der Waals surface area (Å²) in [6.45, 7) is 4.54. The summed E-state index contributed by atoms with van der Waals surface area (Å²) in [5.41, 5.74) is 9.83. The number of nitrogens with zero attached hydrogens (tertiary/aromatic N) is 1. The topological polar surface area (TPSA) is 41.3 Å². The number of hydrogen-bond donors (Lipinski definition) is 2. The van der Waals surface area contributed by atoms with E-state index in [1.165, 1.54) is 24.0 Å². The quantitative estimate of drug-likeness (QED) is 0.781. The molecule has 0 bridgehead atoms. The summed E-state index contributed by atoms with van der Waals surface area (Å²) in [5, 5.41) is 3.44. The Bertz CT molecular complexity index is 441. The Morgan fingerprint density at radius 3 is 2.83 bits per heavy atom. The highest BCUT2D eigenvalue weighted by atomic mass is 79.9.